The Bertz CT molecular complexity index is 450. The van der Waals surface area contributed by atoms with Crippen LogP contribution in [0.3, 0.4) is 0 Å². The molecule has 0 bridgehead atoms. The standard InChI is InChI=1S/C13H18N2O3/c1-13(2,3)18-12(17)15-11-5-4-9(8-16)6-10(11)7-14/h4-7,14,16H,8H2,1-3H3,(H,15,17). The minimum absolute atomic E-state index is 0.104. The van der Waals surface area contributed by atoms with Crippen LogP contribution < -0.4 is 5.32 Å². The molecule has 1 aromatic carbocycles. The van der Waals surface area contributed by atoms with Crippen LogP contribution in [0.25, 0.3) is 0 Å². The van der Waals surface area contributed by atoms with Gasteiger partial charge in [0, 0.05) is 11.8 Å². The Kier molecular flexibility index (Phi) is 4.44. The molecule has 5 nitrogen and oxygen atoms in total. The number of aliphatic hydroxyl groups excluding tert-OH is 1. The normalized spacial score (nSPS) is 10.9. The van der Waals surface area contributed by atoms with Gasteiger partial charge in [-0.2, -0.15) is 0 Å². The number of aliphatic hydroxyl groups is 1. The summed E-state index contributed by atoms with van der Waals surface area (Å²) in [6.07, 6.45) is 0.550. The molecule has 5 heteroatoms. The van der Waals surface area contributed by atoms with Crippen LogP contribution in [0.1, 0.15) is 31.9 Å². The van der Waals surface area contributed by atoms with E-state index < -0.39 is 11.7 Å². The molecule has 0 saturated carbocycles. The maximum atomic E-state index is 11.6. The van der Waals surface area contributed by atoms with E-state index in [4.69, 9.17) is 15.3 Å². The summed E-state index contributed by atoms with van der Waals surface area (Å²) in [5, 5.41) is 18.9. The molecule has 0 atom stereocenters. The second-order valence-corrected chi connectivity index (χ2v) is 4.85. The van der Waals surface area contributed by atoms with Crippen LogP contribution in [0, 0.1) is 5.41 Å². The van der Waals surface area contributed by atoms with Crippen LogP contribution in [0.4, 0.5) is 10.5 Å². The zero-order chi connectivity index (χ0) is 13.8. The van der Waals surface area contributed by atoms with Crippen molar-refractivity contribution in [3.63, 3.8) is 0 Å². The Hall–Kier alpha value is -1.88. The van der Waals surface area contributed by atoms with Crippen molar-refractivity contribution in [1.82, 2.24) is 0 Å². The summed E-state index contributed by atoms with van der Waals surface area (Å²) in [5.41, 5.74) is 1.12. The van der Waals surface area contributed by atoms with Crippen LogP contribution >= 0.6 is 0 Å². The molecule has 0 fully saturated rings. The summed E-state index contributed by atoms with van der Waals surface area (Å²) in [6, 6.07) is 4.95. The number of benzene rings is 1. The Balaban J connectivity index is 2.84. The van der Waals surface area contributed by atoms with Crippen LogP contribution in [0.2, 0.25) is 0 Å². The number of hydrogen-bond donors (Lipinski definition) is 3. The molecule has 1 amide bonds. The van der Waals surface area contributed by atoms with E-state index in [1.54, 1.807) is 39.0 Å². The third kappa shape index (κ3) is 4.18. The first kappa shape index (κ1) is 14.2. The third-order valence-electron chi connectivity index (χ3n) is 2.09. The molecule has 0 heterocycles. The third-order valence-corrected chi connectivity index (χ3v) is 2.09. The van der Waals surface area contributed by atoms with E-state index >= 15 is 0 Å². The summed E-state index contributed by atoms with van der Waals surface area (Å²) in [5.74, 6) is 0. The molecular weight excluding hydrogens is 232 g/mol. The van der Waals surface area contributed by atoms with Crippen LogP contribution in [-0.4, -0.2) is 23.0 Å². The second kappa shape index (κ2) is 5.64. The predicted octanol–water partition coefficient (Wildman–Crippen LogP) is 2.52. The van der Waals surface area contributed by atoms with Gasteiger partial charge in [0.15, 0.2) is 0 Å². The second-order valence-electron chi connectivity index (χ2n) is 4.85. The number of carbonyl (C=O) groups is 1. The Morgan fingerprint density at radius 2 is 2.17 bits per heavy atom. The SMILES string of the molecule is CC(C)(C)OC(=O)Nc1ccc(CO)cc1C=N. The maximum Gasteiger partial charge on any atom is 0.412 e. The van der Waals surface area contributed by atoms with E-state index in [9.17, 15) is 4.79 Å². The molecule has 0 aliphatic heterocycles. The smallest absolute Gasteiger partial charge is 0.412 e. The van der Waals surface area contributed by atoms with Crippen molar-refractivity contribution in [3.05, 3.63) is 29.3 Å². The fourth-order valence-electron chi connectivity index (χ4n) is 1.36. The van der Waals surface area contributed by atoms with Crippen LogP contribution in [0.15, 0.2) is 18.2 Å². The van der Waals surface area contributed by atoms with Gasteiger partial charge in [-0.05, 0) is 38.5 Å². The summed E-state index contributed by atoms with van der Waals surface area (Å²) in [7, 11) is 0. The zero-order valence-corrected chi connectivity index (χ0v) is 10.8. The number of carbonyl (C=O) groups excluding carboxylic acids is 1. The lowest BCUT2D eigenvalue weighted by Crippen LogP contribution is -2.27. The number of hydrogen-bond acceptors (Lipinski definition) is 4. The van der Waals surface area contributed by atoms with E-state index in [1.807, 2.05) is 0 Å². The van der Waals surface area contributed by atoms with E-state index in [0.717, 1.165) is 6.21 Å². The van der Waals surface area contributed by atoms with Gasteiger partial charge in [-0.1, -0.05) is 6.07 Å². The summed E-state index contributed by atoms with van der Waals surface area (Å²) < 4.78 is 5.12. The highest BCUT2D eigenvalue weighted by atomic mass is 16.6. The molecule has 0 unspecified atom stereocenters. The van der Waals surface area contributed by atoms with Gasteiger partial charge in [-0.3, -0.25) is 5.32 Å². The van der Waals surface area contributed by atoms with Gasteiger partial charge in [0.05, 0.1) is 12.3 Å². The molecule has 98 valence electrons. The predicted molar refractivity (Wildman–Crippen MR) is 70.1 cm³/mol. The quantitative estimate of drug-likeness (QED) is 0.721. The molecule has 1 aromatic rings. The van der Waals surface area contributed by atoms with Gasteiger partial charge in [0.2, 0.25) is 0 Å². The highest BCUT2D eigenvalue weighted by Gasteiger charge is 2.16. The molecule has 0 aliphatic carbocycles. The van der Waals surface area contributed by atoms with Gasteiger partial charge in [0.1, 0.15) is 5.60 Å². The van der Waals surface area contributed by atoms with Crippen molar-refractivity contribution >= 4 is 18.0 Å². The van der Waals surface area contributed by atoms with Crippen LogP contribution in [-0.2, 0) is 11.3 Å². The van der Waals surface area contributed by atoms with Crippen molar-refractivity contribution < 1.29 is 14.6 Å². The average Bonchev–Trinajstić information content (AvgIpc) is 2.27. The van der Waals surface area contributed by atoms with Crippen molar-refractivity contribution in [2.24, 2.45) is 0 Å². The molecule has 1 rings (SSSR count). The Morgan fingerprint density at radius 1 is 1.50 bits per heavy atom. The summed E-state index contributed by atoms with van der Waals surface area (Å²) >= 11 is 0. The van der Waals surface area contributed by atoms with Gasteiger partial charge in [0.25, 0.3) is 0 Å². The number of ether oxygens (including phenoxy) is 1. The van der Waals surface area contributed by atoms with E-state index in [2.05, 4.69) is 5.32 Å². The lowest BCUT2D eigenvalue weighted by Gasteiger charge is -2.20. The lowest BCUT2D eigenvalue weighted by molar-refractivity contribution is 0.0636. The minimum Gasteiger partial charge on any atom is -0.444 e. The molecule has 0 spiro atoms. The number of nitrogens with one attached hydrogen (secondary N) is 2. The number of amides is 1. The first-order chi connectivity index (χ1) is 8.35. The summed E-state index contributed by atoms with van der Waals surface area (Å²) in [6.45, 7) is 5.23. The van der Waals surface area contributed by atoms with E-state index in [-0.39, 0.29) is 6.61 Å². The van der Waals surface area contributed by atoms with Crippen molar-refractivity contribution in [2.75, 3.05) is 5.32 Å². The van der Waals surface area contributed by atoms with Gasteiger partial charge < -0.3 is 15.3 Å². The highest BCUT2D eigenvalue weighted by Crippen LogP contribution is 2.17. The highest BCUT2D eigenvalue weighted by molar-refractivity contribution is 5.94. The number of rotatable bonds is 3. The number of anilines is 1. The fraction of sp³-hybridized carbons (Fsp3) is 0.385. The monoisotopic (exact) mass is 250 g/mol. The van der Waals surface area contributed by atoms with Crippen molar-refractivity contribution in [1.29, 1.82) is 5.41 Å². The molecule has 0 radical (unpaired) electrons. The van der Waals surface area contributed by atoms with E-state index in [0.29, 0.717) is 16.8 Å². The zero-order valence-electron chi connectivity index (χ0n) is 10.8. The maximum absolute atomic E-state index is 11.6. The molecule has 3 N–H and O–H groups in total. The van der Waals surface area contributed by atoms with Gasteiger partial charge in [-0.25, -0.2) is 4.79 Å². The first-order valence-electron chi connectivity index (χ1n) is 5.60. The van der Waals surface area contributed by atoms with Gasteiger partial charge >= 0.3 is 6.09 Å². The Labute approximate surface area is 106 Å². The van der Waals surface area contributed by atoms with Gasteiger partial charge in [-0.15, -0.1) is 0 Å². The topological polar surface area (TPSA) is 82.4 Å². The lowest BCUT2D eigenvalue weighted by atomic mass is 10.1. The molecular formula is C13H18N2O3. The van der Waals surface area contributed by atoms with Crippen molar-refractivity contribution in [3.8, 4) is 0 Å². The fourth-order valence-corrected chi connectivity index (χ4v) is 1.36. The first-order valence-corrected chi connectivity index (χ1v) is 5.60. The molecule has 0 saturated heterocycles. The minimum atomic E-state index is -0.569. The average molecular weight is 250 g/mol. The largest absolute Gasteiger partial charge is 0.444 e. The molecule has 18 heavy (non-hydrogen) atoms. The molecule has 0 aromatic heterocycles. The molecule has 0 aliphatic rings. The van der Waals surface area contributed by atoms with Crippen LogP contribution in [0.5, 0.6) is 0 Å². The van der Waals surface area contributed by atoms with E-state index in [1.165, 1.54) is 0 Å². The summed E-state index contributed by atoms with van der Waals surface area (Å²) in [4.78, 5) is 11.6. The Morgan fingerprint density at radius 3 is 2.67 bits per heavy atom. The van der Waals surface area contributed by atoms with Crippen molar-refractivity contribution in [2.45, 2.75) is 33.0 Å².